The predicted octanol–water partition coefficient (Wildman–Crippen LogP) is 5.01. The Labute approximate surface area is 186 Å². The number of halogens is 1. The number of carbonyl (C=O) groups is 1. The lowest BCUT2D eigenvalue weighted by Crippen LogP contribution is -2.37. The van der Waals surface area contributed by atoms with Crippen molar-refractivity contribution < 1.29 is 19.7 Å². The number of nitrogens with one attached hydrogen (secondary N) is 1. The summed E-state index contributed by atoms with van der Waals surface area (Å²) in [6, 6.07) is 20.0. The van der Waals surface area contributed by atoms with Gasteiger partial charge in [0.2, 0.25) is 0 Å². The zero-order chi connectivity index (χ0) is 21.8. The van der Waals surface area contributed by atoms with Crippen molar-refractivity contribution in [3.63, 3.8) is 0 Å². The number of ether oxygens (including phenoxy) is 1. The highest BCUT2D eigenvalue weighted by Crippen LogP contribution is 2.29. The zero-order valence-electron chi connectivity index (χ0n) is 16.9. The van der Waals surface area contributed by atoms with E-state index in [1.54, 1.807) is 24.3 Å². The van der Waals surface area contributed by atoms with E-state index in [-0.39, 0.29) is 11.6 Å². The summed E-state index contributed by atoms with van der Waals surface area (Å²) in [5, 5.41) is 23.6. The van der Waals surface area contributed by atoms with Gasteiger partial charge in [-0.05, 0) is 84.5 Å². The highest BCUT2D eigenvalue weighted by Gasteiger charge is 2.20. The van der Waals surface area contributed by atoms with Gasteiger partial charge in [0.25, 0.3) is 0 Å². The van der Waals surface area contributed by atoms with Crippen molar-refractivity contribution in [3.05, 3.63) is 94.0 Å². The van der Waals surface area contributed by atoms with Crippen LogP contribution in [0.2, 0.25) is 5.02 Å². The van der Waals surface area contributed by atoms with E-state index in [4.69, 9.17) is 21.4 Å². The molecule has 5 nitrogen and oxygen atoms in total. The summed E-state index contributed by atoms with van der Waals surface area (Å²) >= 11 is 5.92. The van der Waals surface area contributed by atoms with Gasteiger partial charge in [-0.2, -0.15) is 0 Å². The molecule has 1 aliphatic carbocycles. The fourth-order valence-electron chi connectivity index (χ4n) is 3.85. The molecule has 3 N–H and O–H groups in total. The lowest BCUT2D eigenvalue weighted by atomic mass is 9.88. The van der Waals surface area contributed by atoms with Crippen LogP contribution in [0, 0.1) is 0 Å². The molecule has 2 atom stereocenters. The second kappa shape index (κ2) is 9.52. The largest absolute Gasteiger partial charge is 0.478 e. The van der Waals surface area contributed by atoms with E-state index in [1.807, 2.05) is 24.3 Å². The van der Waals surface area contributed by atoms with Crippen LogP contribution in [0.5, 0.6) is 11.5 Å². The molecule has 0 bridgehead atoms. The van der Waals surface area contributed by atoms with Crippen LogP contribution in [0.1, 0.15) is 39.6 Å². The molecular weight excluding hydrogens is 414 g/mol. The number of carboxylic acids is 1. The molecule has 3 aromatic carbocycles. The minimum absolute atomic E-state index is 0.229. The van der Waals surface area contributed by atoms with Gasteiger partial charge in [0.15, 0.2) is 0 Å². The van der Waals surface area contributed by atoms with E-state index in [0.29, 0.717) is 17.3 Å². The fraction of sp³-hybridized carbons (Fsp3) is 0.240. The van der Waals surface area contributed by atoms with Crippen molar-refractivity contribution >= 4 is 17.6 Å². The fourth-order valence-corrected chi connectivity index (χ4v) is 3.98. The summed E-state index contributed by atoms with van der Waals surface area (Å²) in [6.07, 6.45) is 2.26. The first kappa shape index (κ1) is 21.4. The smallest absolute Gasteiger partial charge is 0.335 e. The van der Waals surface area contributed by atoms with Crippen molar-refractivity contribution in [3.8, 4) is 11.5 Å². The number of aliphatic hydroxyl groups is 1. The maximum atomic E-state index is 11.0. The number of fused-ring (bicyclic) bond motifs is 1. The molecule has 0 saturated heterocycles. The molecule has 0 spiro atoms. The predicted molar refractivity (Wildman–Crippen MR) is 120 cm³/mol. The summed E-state index contributed by atoms with van der Waals surface area (Å²) in [7, 11) is 0. The highest BCUT2D eigenvalue weighted by molar-refractivity contribution is 6.30. The second-order valence-corrected chi connectivity index (χ2v) is 8.21. The molecule has 0 amide bonds. The van der Waals surface area contributed by atoms with Crippen LogP contribution in [-0.2, 0) is 12.8 Å². The van der Waals surface area contributed by atoms with E-state index >= 15 is 0 Å². The first-order chi connectivity index (χ1) is 15.0. The third-order valence-corrected chi connectivity index (χ3v) is 5.85. The number of hydrogen-bond acceptors (Lipinski definition) is 4. The molecule has 0 unspecified atom stereocenters. The average molecular weight is 438 g/mol. The summed E-state index contributed by atoms with van der Waals surface area (Å²) in [5.74, 6) is 0.366. The summed E-state index contributed by atoms with van der Waals surface area (Å²) < 4.78 is 5.92. The number of carboxylic acid groups (broad SMARTS) is 1. The Morgan fingerprint density at radius 3 is 2.45 bits per heavy atom. The van der Waals surface area contributed by atoms with Gasteiger partial charge >= 0.3 is 5.97 Å². The van der Waals surface area contributed by atoms with E-state index in [9.17, 15) is 9.90 Å². The van der Waals surface area contributed by atoms with Gasteiger partial charge in [-0.15, -0.1) is 0 Å². The molecule has 0 saturated carbocycles. The Balaban J connectivity index is 1.36. The van der Waals surface area contributed by atoms with Crippen molar-refractivity contribution in [1.82, 2.24) is 5.32 Å². The Morgan fingerprint density at radius 1 is 1.03 bits per heavy atom. The zero-order valence-corrected chi connectivity index (χ0v) is 17.7. The van der Waals surface area contributed by atoms with Gasteiger partial charge in [-0.25, -0.2) is 4.79 Å². The molecule has 6 heteroatoms. The number of aliphatic hydroxyl groups excluding tert-OH is 1. The van der Waals surface area contributed by atoms with Crippen LogP contribution in [0.3, 0.4) is 0 Å². The molecule has 0 aromatic heterocycles. The lowest BCUT2D eigenvalue weighted by Gasteiger charge is -2.27. The number of benzene rings is 3. The van der Waals surface area contributed by atoms with Crippen LogP contribution in [0.25, 0.3) is 0 Å². The molecular formula is C25H24ClNO4. The van der Waals surface area contributed by atoms with Gasteiger partial charge in [-0.3, -0.25) is 0 Å². The molecule has 1 aliphatic rings. The molecule has 0 aliphatic heterocycles. The normalized spacial score (nSPS) is 16.4. The maximum absolute atomic E-state index is 11.0. The Morgan fingerprint density at radius 2 is 1.74 bits per heavy atom. The van der Waals surface area contributed by atoms with E-state index in [1.165, 1.54) is 23.3 Å². The van der Waals surface area contributed by atoms with E-state index in [0.717, 1.165) is 30.6 Å². The van der Waals surface area contributed by atoms with Gasteiger partial charge in [0.1, 0.15) is 11.5 Å². The SMILES string of the molecule is O=C(O)c1ccc(Oc2ccc3c(c2)C[C@@H](NC[C@H](O)c2ccc(Cl)cc2)CC3)cc1. The minimum Gasteiger partial charge on any atom is -0.478 e. The monoisotopic (exact) mass is 437 g/mol. The molecule has 4 rings (SSSR count). The van der Waals surface area contributed by atoms with E-state index in [2.05, 4.69) is 11.4 Å². The van der Waals surface area contributed by atoms with Crippen LogP contribution in [-0.4, -0.2) is 28.8 Å². The summed E-state index contributed by atoms with van der Waals surface area (Å²) in [6.45, 7) is 0.480. The van der Waals surface area contributed by atoms with Crippen molar-refractivity contribution in [2.75, 3.05) is 6.54 Å². The minimum atomic E-state index is -0.958. The molecule has 160 valence electrons. The van der Waals surface area contributed by atoms with E-state index < -0.39 is 12.1 Å². The highest BCUT2D eigenvalue weighted by atomic mass is 35.5. The first-order valence-corrected chi connectivity index (χ1v) is 10.7. The van der Waals surface area contributed by atoms with Crippen molar-refractivity contribution in [2.24, 2.45) is 0 Å². The summed E-state index contributed by atoms with van der Waals surface area (Å²) in [5.41, 5.74) is 3.61. The standard InChI is InChI=1S/C25H24ClNO4/c26-20-7-1-17(2-8-20)24(28)15-27-21-9-3-16-4-12-23(14-19(16)13-21)31-22-10-5-18(6-11-22)25(29)30/h1-2,4-8,10-12,14,21,24,27-28H,3,9,13,15H2,(H,29,30)/t21-,24-/m0/s1. The number of hydrogen-bond donors (Lipinski definition) is 3. The van der Waals surface area contributed by atoms with Gasteiger partial charge < -0.3 is 20.3 Å². The Bertz CT molecular complexity index is 1050. The first-order valence-electron chi connectivity index (χ1n) is 10.3. The molecule has 3 aromatic rings. The van der Waals surface area contributed by atoms with Gasteiger partial charge in [0, 0.05) is 17.6 Å². The molecule has 0 fully saturated rings. The second-order valence-electron chi connectivity index (χ2n) is 7.78. The number of aromatic carboxylic acids is 1. The van der Waals surface area contributed by atoms with Crippen molar-refractivity contribution in [1.29, 1.82) is 0 Å². The summed E-state index contributed by atoms with van der Waals surface area (Å²) in [4.78, 5) is 11.0. The third-order valence-electron chi connectivity index (χ3n) is 5.60. The number of rotatable bonds is 7. The molecule has 31 heavy (non-hydrogen) atoms. The van der Waals surface area contributed by atoms with Crippen LogP contribution in [0.4, 0.5) is 0 Å². The average Bonchev–Trinajstić information content (AvgIpc) is 2.78. The Kier molecular flexibility index (Phi) is 6.56. The van der Waals surface area contributed by atoms with Crippen LogP contribution >= 0.6 is 11.6 Å². The van der Waals surface area contributed by atoms with Crippen LogP contribution in [0.15, 0.2) is 66.7 Å². The molecule has 0 heterocycles. The van der Waals surface area contributed by atoms with Crippen LogP contribution < -0.4 is 10.1 Å². The maximum Gasteiger partial charge on any atom is 0.335 e. The van der Waals surface area contributed by atoms with Gasteiger partial charge in [0.05, 0.1) is 11.7 Å². The number of aryl methyl sites for hydroxylation is 1. The van der Waals surface area contributed by atoms with Gasteiger partial charge in [-0.1, -0.05) is 29.8 Å². The topological polar surface area (TPSA) is 78.8 Å². The lowest BCUT2D eigenvalue weighted by molar-refractivity contribution is 0.0697. The Hall–Kier alpha value is -2.86. The quantitative estimate of drug-likeness (QED) is 0.484. The molecule has 0 radical (unpaired) electrons. The third kappa shape index (κ3) is 5.44. The van der Waals surface area contributed by atoms with Crippen molar-refractivity contribution in [2.45, 2.75) is 31.4 Å².